The second kappa shape index (κ2) is 9.85. The Morgan fingerprint density at radius 2 is 1.94 bits per heavy atom. The van der Waals surface area contributed by atoms with E-state index in [-0.39, 0.29) is 11.9 Å². The minimum absolute atomic E-state index is 0.0789. The van der Waals surface area contributed by atoms with Crippen LogP contribution in [0.15, 0.2) is 60.8 Å². The van der Waals surface area contributed by atoms with Gasteiger partial charge in [-0.2, -0.15) is 5.10 Å². The number of carbonyl (C=O) groups excluding carboxylic acids is 1. The van der Waals surface area contributed by atoms with Gasteiger partial charge >= 0.3 is 0 Å². The summed E-state index contributed by atoms with van der Waals surface area (Å²) in [5.74, 6) is 0.427. The highest BCUT2D eigenvalue weighted by Gasteiger charge is 2.28. The molecule has 0 bridgehead atoms. The first-order valence-corrected chi connectivity index (χ1v) is 11.7. The Hall–Kier alpha value is -3.75. The van der Waals surface area contributed by atoms with Crippen LogP contribution in [-0.2, 0) is 9.53 Å². The van der Waals surface area contributed by atoms with Crippen molar-refractivity contribution in [3.8, 4) is 28.1 Å². The standard InChI is InChI=1S/C27H28N4O4/c1-31(20-10-12-35-13-11-20)27(33)25(32)18-7-5-6-17(14-18)19-15-22-24(29-30-26(22)28-16-19)21-8-3-4-9-23(21)34-2/h3-9,14-16,20,25,32H,10-13H2,1-2H3,(H,28,29,30). The van der Waals surface area contributed by atoms with E-state index in [1.54, 1.807) is 31.3 Å². The van der Waals surface area contributed by atoms with Gasteiger partial charge in [-0.3, -0.25) is 9.89 Å². The van der Waals surface area contributed by atoms with Crippen LogP contribution in [0.4, 0.5) is 0 Å². The monoisotopic (exact) mass is 472 g/mol. The maximum absolute atomic E-state index is 13.0. The number of aromatic nitrogens is 3. The van der Waals surface area contributed by atoms with Crippen molar-refractivity contribution < 1.29 is 19.4 Å². The molecule has 1 aliphatic rings. The molecule has 0 aliphatic carbocycles. The Bertz CT molecular complexity index is 1350. The molecule has 1 saturated heterocycles. The van der Waals surface area contributed by atoms with Crippen molar-refractivity contribution in [1.82, 2.24) is 20.1 Å². The van der Waals surface area contributed by atoms with Gasteiger partial charge in [0.15, 0.2) is 11.8 Å². The summed E-state index contributed by atoms with van der Waals surface area (Å²) in [6, 6.07) is 17.2. The fourth-order valence-corrected chi connectivity index (χ4v) is 4.59. The van der Waals surface area contributed by atoms with E-state index in [0.717, 1.165) is 46.4 Å². The van der Waals surface area contributed by atoms with Crippen molar-refractivity contribution in [3.05, 3.63) is 66.4 Å². The average molecular weight is 473 g/mol. The van der Waals surface area contributed by atoms with Crippen LogP contribution in [0.25, 0.3) is 33.4 Å². The zero-order valence-electron chi connectivity index (χ0n) is 19.8. The maximum Gasteiger partial charge on any atom is 0.256 e. The lowest BCUT2D eigenvalue weighted by molar-refractivity contribution is -0.143. The van der Waals surface area contributed by atoms with Crippen molar-refractivity contribution in [3.63, 3.8) is 0 Å². The third kappa shape index (κ3) is 4.50. The number of nitrogens with one attached hydrogen (secondary N) is 1. The molecule has 180 valence electrons. The number of rotatable bonds is 6. The van der Waals surface area contributed by atoms with Crippen LogP contribution in [0.3, 0.4) is 0 Å². The zero-order chi connectivity index (χ0) is 24.4. The number of para-hydroxylation sites is 1. The van der Waals surface area contributed by atoms with E-state index < -0.39 is 6.10 Å². The van der Waals surface area contributed by atoms with Gasteiger partial charge in [-0.05, 0) is 48.2 Å². The molecule has 1 atom stereocenters. The third-order valence-corrected chi connectivity index (χ3v) is 6.64. The molecule has 3 heterocycles. The number of benzene rings is 2. The molecule has 0 spiro atoms. The van der Waals surface area contributed by atoms with Crippen LogP contribution in [0.5, 0.6) is 5.75 Å². The first-order valence-electron chi connectivity index (χ1n) is 11.7. The Morgan fingerprint density at radius 1 is 1.14 bits per heavy atom. The predicted molar refractivity (Wildman–Crippen MR) is 133 cm³/mol. The lowest BCUT2D eigenvalue weighted by Gasteiger charge is -2.32. The summed E-state index contributed by atoms with van der Waals surface area (Å²) in [6.45, 7) is 1.27. The minimum atomic E-state index is -1.24. The van der Waals surface area contributed by atoms with Crippen LogP contribution >= 0.6 is 0 Å². The molecule has 5 rings (SSSR count). The van der Waals surface area contributed by atoms with Crippen LogP contribution in [0, 0.1) is 0 Å². The molecular formula is C27H28N4O4. The first-order chi connectivity index (χ1) is 17.1. The number of carbonyl (C=O) groups is 1. The number of aliphatic hydroxyl groups excluding tert-OH is 1. The van der Waals surface area contributed by atoms with E-state index in [1.807, 2.05) is 48.5 Å². The number of aromatic amines is 1. The summed E-state index contributed by atoms with van der Waals surface area (Å²) in [7, 11) is 3.39. The molecule has 4 aromatic rings. The Labute approximate surface area is 203 Å². The molecule has 8 nitrogen and oxygen atoms in total. The zero-order valence-corrected chi connectivity index (χ0v) is 19.8. The van der Waals surface area contributed by atoms with Crippen molar-refractivity contribution in [1.29, 1.82) is 0 Å². The quantitative estimate of drug-likeness (QED) is 0.440. The number of nitrogens with zero attached hydrogens (tertiary/aromatic N) is 3. The number of aliphatic hydroxyl groups is 1. The van der Waals surface area contributed by atoms with Crippen molar-refractivity contribution >= 4 is 16.9 Å². The highest BCUT2D eigenvalue weighted by atomic mass is 16.5. The summed E-state index contributed by atoms with van der Waals surface area (Å²) in [5.41, 5.74) is 4.56. The van der Waals surface area contributed by atoms with Gasteiger partial charge < -0.3 is 19.5 Å². The summed E-state index contributed by atoms with van der Waals surface area (Å²) < 4.78 is 10.9. The number of amides is 1. The van der Waals surface area contributed by atoms with E-state index in [2.05, 4.69) is 15.2 Å². The third-order valence-electron chi connectivity index (χ3n) is 6.64. The highest BCUT2D eigenvalue weighted by molar-refractivity contribution is 5.94. The molecule has 0 radical (unpaired) electrons. The maximum atomic E-state index is 13.0. The Kier molecular flexibility index (Phi) is 6.48. The minimum Gasteiger partial charge on any atom is -0.496 e. The number of hydrogen-bond acceptors (Lipinski definition) is 6. The molecular weight excluding hydrogens is 444 g/mol. The Morgan fingerprint density at radius 3 is 2.74 bits per heavy atom. The molecule has 0 saturated carbocycles. The summed E-state index contributed by atoms with van der Waals surface area (Å²) >= 11 is 0. The van der Waals surface area contributed by atoms with Crippen LogP contribution in [-0.4, -0.2) is 64.5 Å². The molecule has 35 heavy (non-hydrogen) atoms. The fourth-order valence-electron chi connectivity index (χ4n) is 4.59. The number of fused-ring (bicyclic) bond motifs is 1. The van der Waals surface area contributed by atoms with Gasteiger partial charge in [-0.1, -0.05) is 30.3 Å². The fraction of sp³-hybridized carbons (Fsp3) is 0.296. The van der Waals surface area contributed by atoms with Crippen molar-refractivity contribution in [2.24, 2.45) is 0 Å². The average Bonchev–Trinajstić information content (AvgIpc) is 3.35. The molecule has 1 fully saturated rings. The molecule has 1 unspecified atom stereocenters. The molecule has 2 aromatic carbocycles. The van der Waals surface area contributed by atoms with E-state index in [0.29, 0.717) is 24.4 Å². The van der Waals surface area contributed by atoms with E-state index in [9.17, 15) is 9.90 Å². The summed E-state index contributed by atoms with van der Waals surface area (Å²) in [4.78, 5) is 19.2. The Balaban J connectivity index is 1.45. The van der Waals surface area contributed by atoms with Crippen LogP contribution in [0.1, 0.15) is 24.5 Å². The lowest BCUT2D eigenvalue weighted by Crippen LogP contribution is -2.42. The van der Waals surface area contributed by atoms with Crippen LogP contribution < -0.4 is 4.74 Å². The van der Waals surface area contributed by atoms with Gasteiger partial charge in [-0.15, -0.1) is 0 Å². The van der Waals surface area contributed by atoms with Gasteiger partial charge in [0, 0.05) is 49.0 Å². The van der Waals surface area contributed by atoms with Crippen molar-refractivity contribution in [2.45, 2.75) is 25.0 Å². The number of pyridine rings is 1. The predicted octanol–water partition coefficient (Wildman–Crippen LogP) is 3.97. The molecule has 8 heteroatoms. The SMILES string of the molecule is COc1ccccc1-c1[nH]nc2ncc(-c3cccc(C(O)C(=O)N(C)C4CCOCC4)c3)cc12. The molecule has 1 amide bonds. The van der Waals surface area contributed by atoms with E-state index >= 15 is 0 Å². The largest absolute Gasteiger partial charge is 0.496 e. The number of H-pyrrole nitrogens is 1. The summed E-state index contributed by atoms with van der Waals surface area (Å²) in [5, 5.41) is 19.2. The van der Waals surface area contributed by atoms with Gasteiger partial charge in [0.2, 0.25) is 0 Å². The van der Waals surface area contributed by atoms with Gasteiger partial charge in [0.25, 0.3) is 5.91 Å². The highest BCUT2D eigenvalue weighted by Crippen LogP contribution is 2.34. The van der Waals surface area contributed by atoms with Crippen molar-refractivity contribution in [2.75, 3.05) is 27.4 Å². The second-order valence-corrected chi connectivity index (χ2v) is 8.71. The number of ether oxygens (including phenoxy) is 2. The number of likely N-dealkylation sites (N-methyl/N-ethyl adjacent to an activating group) is 1. The van der Waals surface area contributed by atoms with Gasteiger partial charge in [0.05, 0.1) is 12.8 Å². The normalized spacial score (nSPS) is 15.2. The van der Waals surface area contributed by atoms with E-state index in [4.69, 9.17) is 9.47 Å². The smallest absolute Gasteiger partial charge is 0.256 e. The second-order valence-electron chi connectivity index (χ2n) is 8.71. The first kappa shape index (κ1) is 23.0. The topological polar surface area (TPSA) is 101 Å². The molecule has 2 aromatic heterocycles. The molecule has 2 N–H and O–H groups in total. The molecule has 1 aliphatic heterocycles. The van der Waals surface area contributed by atoms with Gasteiger partial charge in [-0.25, -0.2) is 4.98 Å². The van der Waals surface area contributed by atoms with E-state index in [1.165, 1.54) is 0 Å². The number of hydrogen-bond donors (Lipinski definition) is 2. The van der Waals surface area contributed by atoms with Gasteiger partial charge in [0.1, 0.15) is 5.75 Å². The number of methoxy groups -OCH3 is 1. The summed E-state index contributed by atoms with van der Waals surface area (Å²) in [6.07, 6.45) is 2.06. The lowest BCUT2D eigenvalue weighted by atomic mass is 9.99. The van der Waals surface area contributed by atoms with Crippen LogP contribution in [0.2, 0.25) is 0 Å².